The summed E-state index contributed by atoms with van der Waals surface area (Å²) in [6.07, 6.45) is 2.59. The molecule has 0 aliphatic heterocycles. The van der Waals surface area contributed by atoms with Crippen LogP contribution < -0.4 is 5.76 Å². The second kappa shape index (κ2) is 2.90. The maximum atomic E-state index is 13.1. The maximum absolute atomic E-state index is 13.1. The fourth-order valence-electron chi connectivity index (χ4n) is 1.09. The number of rotatable bonds is 1. The summed E-state index contributed by atoms with van der Waals surface area (Å²) in [5.41, 5.74) is 0.196. The Balaban J connectivity index is 2.66. The van der Waals surface area contributed by atoms with Gasteiger partial charge in [-0.25, -0.2) is 13.8 Å². The van der Waals surface area contributed by atoms with Crippen LogP contribution in [0.5, 0.6) is 0 Å². The molecule has 2 aromatic rings. The second-order valence-corrected chi connectivity index (χ2v) is 2.49. The third-order valence-electron chi connectivity index (χ3n) is 1.69. The molecular weight excluding hydrogens is 173 g/mol. The van der Waals surface area contributed by atoms with Gasteiger partial charge in [0.2, 0.25) is 0 Å². The fraction of sp³-hybridized carbons (Fsp3) is 0. The molecule has 0 aliphatic carbocycles. The third-order valence-corrected chi connectivity index (χ3v) is 1.69. The fourth-order valence-corrected chi connectivity index (χ4v) is 1.09. The van der Waals surface area contributed by atoms with E-state index in [-0.39, 0.29) is 5.69 Å². The van der Waals surface area contributed by atoms with Crippen LogP contribution in [-0.2, 0) is 0 Å². The Kier molecular flexibility index (Phi) is 1.73. The van der Waals surface area contributed by atoms with Crippen molar-refractivity contribution >= 4 is 0 Å². The van der Waals surface area contributed by atoms with Gasteiger partial charge in [0, 0.05) is 0 Å². The Morgan fingerprint density at radius 3 is 2.69 bits per heavy atom. The van der Waals surface area contributed by atoms with Gasteiger partial charge < -0.3 is 4.42 Å². The molecule has 0 N–H and O–H groups in total. The van der Waals surface area contributed by atoms with E-state index in [1.807, 2.05) is 0 Å². The van der Waals surface area contributed by atoms with E-state index in [4.69, 9.17) is 0 Å². The van der Waals surface area contributed by atoms with Gasteiger partial charge in [-0.2, -0.15) is 0 Å². The normalized spacial score (nSPS) is 10.2. The molecule has 0 saturated carbocycles. The zero-order chi connectivity index (χ0) is 9.26. The number of hydrogen-bond acceptors (Lipinski definition) is 2. The number of hydrogen-bond donors (Lipinski definition) is 0. The van der Waals surface area contributed by atoms with Gasteiger partial charge in [0.15, 0.2) is 0 Å². The summed E-state index contributed by atoms with van der Waals surface area (Å²) in [6, 6.07) is 6.00. The summed E-state index contributed by atoms with van der Waals surface area (Å²) in [4.78, 5) is 11.0. The predicted molar refractivity (Wildman–Crippen MR) is 44.3 cm³/mol. The van der Waals surface area contributed by atoms with Crippen molar-refractivity contribution in [2.24, 2.45) is 0 Å². The van der Waals surface area contributed by atoms with Crippen molar-refractivity contribution in [1.29, 1.82) is 0 Å². The van der Waals surface area contributed by atoms with E-state index in [0.717, 1.165) is 4.57 Å². The third kappa shape index (κ3) is 1.26. The average Bonchev–Trinajstić information content (AvgIpc) is 2.52. The monoisotopic (exact) mass is 179 g/mol. The molecule has 0 amide bonds. The van der Waals surface area contributed by atoms with Gasteiger partial charge in [-0.05, 0) is 12.1 Å². The van der Waals surface area contributed by atoms with Crippen LogP contribution in [0.15, 0.2) is 45.9 Å². The Hall–Kier alpha value is -1.84. The topological polar surface area (TPSA) is 35.1 Å². The highest BCUT2D eigenvalue weighted by atomic mass is 19.1. The van der Waals surface area contributed by atoms with Gasteiger partial charge in [0.25, 0.3) is 0 Å². The number of benzene rings is 1. The van der Waals surface area contributed by atoms with Crippen LogP contribution in [0, 0.1) is 5.82 Å². The minimum absolute atomic E-state index is 0.196. The van der Waals surface area contributed by atoms with E-state index in [1.54, 1.807) is 12.1 Å². The highest BCUT2D eigenvalue weighted by Gasteiger charge is 2.05. The zero-order valence-corrected chi connectivity index (χ0v) is 6.61. The summed E-state index contributed by atoms with van der Waals surface area (Å²) in [5, 5.41) is 0. The number of para-hydroxylation sites is 1. The van der Waals surface area contributed by atoms with Crippen LogP contribution in [0.1, 0.15) is 0 Å². The Morgan fingerprint density at radius 2 is 2.08 bits per heavy atom. The van der Waals surface area contributed by atoms with Crippen LogP contribution in [0.2, 0.25) is 0 Å². The van der Waals surface area contributed by atoms with E-state index in [2.05, 4.69) is 4.42 Å². The van der Waals surface area contributed by atoms with Crippen molar-refractivity contribution in [3.05, 3.63) is 53.1 Å². The van der Waals surface area contributed by atoms with Crippen LogP contribution >= 0.6 is 0 Å². The Morgan fingerprint density at radius 1 is 1.31 bits per heavy atom. The molecule has 0 aliphatic rings. The molecule has 1 aromatic heterocycles. The largest absolute Gasteiger partial charge is 0.423 e. The molecule has 0 atom stereocenters. The van der Waals surface area contributed by atoms with Gasteiger partial charge in [-0.3, -0.25) is 0 Å². The van der Waals surface area contributed by atoms with Crippen LogP contribution in [-0.4, -0.2) is 4.57 Å². The quantitative estimate of drug-likeness (QED) is 0.666. The second-order valence-electron chi connectivity index (χ2n) is 2.49. The zero-order valence-electron chi connectivity index (χ0n) is 6.61. The van der Waals surface area contributed by atoms with Crippen LogP contribution in [0.3, 0.4) is 0 Å². The lowest BCUT2D eigenvalue weighted by molar-refractivity contribution is 0.500. The van der Waals surface area contributed by atoms with E-state index < -0.39 is 11.6 Å². The van der Waals surface area contributed by atoms with Crippen molar-refractivity contribution in [2.75, 3.05) is 0 Å². The average molecular weight is 179 g/mol. The molecule has 0 radical (unpaired) electrons. The SMILES string of the molecule is O=c1occn1-c1ccccc1F. The summed E-state index contributed by atoms with van der Waals surface area (Å²) in [5.74, 6) is -1.05. The molecule has 0 bridgehead atoms. The minimum atomic E-state index is -0.592. The first-order chi connectivity index (χ1) is 6.29. The van der Waals surface area contributed by atoms with Gasteiger partial charge in [0.05, 0.1) is 11.9 Å². The first kappa shape index (κ1) is 7.79. The molecule has 66 valence electrons. The molecule has 0 saturated heterocycles. The van der Waals surface area contributed by atoms with Crippen molar-refractivity contribution in [1.82, 2.24) is 4.57 Å². The lowest BCUT2D eigenvalue weighted by atomic mass is 10.3. The number of aromatic nitrogens is 1. The highest BCUT2D eigenvalue weighted by molar-refractivity contribution is 5.32. The molecule has 0 fully saturated rings. The van der Waals surface area contributed by atoms with Gasteiger partial charge in [-0.15, -0.1) is 0 Å². The lowest BCUT2D eigenvalue weighted by Gasteiger charge is -1.99. The van der Waals surface area contributed by atoms with Gasteiger partial charge in [-0.1, -0.05) is 12.1 Å². The van der Waals surface area contributed by atoms with E-state index in [1.165, 1.54) is 24.6 Å². The molecule has 2 rings (SSSR count). The highest BCUT2D eigenvalue weighted by Crippen LogP contribution is 2.09. The van der Waals surface area contributed by atoms with Gasteiger partial charge in [0.1, 0.15) is 12.1 Å². The van der Waals surface area contributed by atoms with Crippen molar-refractivity contribution in [2.45, 2.75) is 0 Å². The van der Waals surface area contributed by atoms with Crippen molar-refractivity contribution in [3.63, 3.8) is 0 Å². The molecule has 3 nitrogen and oxygen atoms in total. The molecular formula is C9H6FNO2. The standard InChI is InChI=1S/C9H6FNO2/c10-7-3-1-2-4-8(7)11-5-6-13-9(11)12/h1-6H. The first-order valence-corrected chi connectivity index (χ1v) is 3.70. The molecule has 1 aromatic carbocycles. The Labute approximate surface area is 73.0 Å². The summed E-state index contributed by atoms with van der Waals surface area (Å²) in [7, 11) is 0. The lowest BCUT2D eigenvalue weighted by Crippen LogP contribution is -2.12. The molecule has 4 heteroatoms. The molecule has 0 unspecified atom stereocenters. The van der Waals surface area contributed by atoms with Crippen LogP contribution in [0.25, 0.3) is 5.69 Å². The number of halogens is 1. The minimum Gasteiger partial charge on any atom is -0.416 e. The molecule has 13 heavy (non-hydrogen) atoms. The maximum Gasteiger partial charge on any atom is 0.423 e. The summed E-state index contributed by atoms with van der Waals surface area (Å²) < 4.78 is 18.8. The van der Waals surface area contributed by atoms with Gasteiger partial charge >= 0.3 is 5.76 Å². The summed E-state index contributed by atoms with van der Waals surface area (Å²) in [6.45, 7) is 0. The number of nitrogens with zero attached hydrogens (tertiary/aromatic N) is 1. The van der Waals surface area contributed by atoms with E-state index in [0.29, 0.717) is 0 Å². The van der Waals surface area contributed by atoms with Crippen molar-refractivity contribution in [3.8, 4) is 5.69 Å². The first-order valence-electron chi connectivity index (χ1n) is 3.70. The number of oxazole rings is 1. The Bertz CT molecular complexity index is 472. The van der Waals surface area contributed by atoms with Crippen molar-refractivity contribution < 1.29 is 8.81 Å². The van der Waals surface area contributed by atoms with Crippen LogP contribution in [0.4, 0.5) is 4.39 Å². The predicted octanol–water partition coefficient (Wildman–Crippen LogP) is 1.57. The van der Waals surface area contributed by atoms with E-state index >= 15 is 0 Å². The van der Waals surface area contributed by atoms with E-state index in [9.17, 15) is 9.18 Å². The molecule has 0 spiro atoms. The molecule has 1 heterocycles. The smallest absolute Gasteiger partial charge is 0.416 e. The summed E-state index contributed by atoms with van der Waals surface area (Å²) >= 11 is 0.